The monoisotopic (exact) mass is 394 g/mol. The van der Waals surface area contributed by atoms with Crippen LogP contribution in [0.15, 0.2) is 18.2 Å². The molecule has 27 heavy (non-hydrogen) atoms. The molecule has 1 aliphatic rings. The summed E-state index contributed by atoms with van der Waals surface area (Å²) < 4.78 is 0. The van der Waals surface area contributed by atoms with Crippen LogP contribution < -0.4 is 5.32 Å². The third kappa shape index (κ3) is 6.19. The fraction of sp³-hybridized carbons (Fsp3) is 0.600. The number of nitrogens with zero attached hydrogens (tertiary/aromatic N) is 3. The molecule has 1 atom stereocenters. The first-order valence-electron chi connectivity index (χ1n) is 9.53. The molecule has 0 saturated carbocycles. The second-order valence-corrected chi connectivity index (χ2v) is 7.75. The van der Waals surface area contributed by atoms with Gasteiger partial charge in [0.25, 0.3) is 0 Å². The van der Waals surface area contributed by atoms with Crippen LogP contribution in [0.25, 0.3) is 0 Å². The van der Waals surface area contributed by atoms with Gasteiger partial charge in [-0.05, 0) is 50.6 Å². The Kier molecular flexibility index (Phi) is 8.07. The van der Waals surface area contributed by atoms with Crippen LogP contribution in [0, 0.1) is 6.92 Å². The Labute approximate surface area is 167 Å². The number of carbonyl (C=O) groups excluding carboxylic acids is 2. The van der Waals surface area contributed by atoms with E-state index in [4.69, 9.17) is 11.6 Å². The van der Waals surface area contributed by atoms with Gasteiger partial charge in [0.15, 0.2) is 0 Å². The van der Waals surface area contributed by atoms with Crippen molar-refractivity contribution in [2.75, 3.05) is 52.1 Å². The largest absolute Gasteiger partial charge is 0.348 e. The summed E-state index contributed by atoms with van der Waals surface area (Å²) in [5.74, 6) is -0.129. The zero-order valence-corrected chi connectivity index (χ0v) is 17.6. The smallest absolute Gasteiger partial charge is 0.238 e. The molecule has 0 aromatic heterocycles. The normalized spacial score (nSPS) is 17.3. The van der Waals surface area contributed by atoms with E-state index >= 15 is 0 Å². The lowest BCUT2D eigenvalue weighted by atomic mass is 10.2. The molecule has 1 fully saturated rings. The van der Waals surface area contributed by atoms with E-state index in [9.17, 15) is 9.59 Å². The van der Waals surface area contributed by atoms with Crippen molar-refractivity contribution in [2.45, 2.75) is 32.7 Å². The van der Waals surface area contributed by atoms with Crippen molar-refractivity contribution in [3.05, 3.63) is 28.8 Å². The lowest BCUT2D eigenvalue weighted by molar-refractivity contribution is -0.130. The van der Waals surface area contributed by atoms with Crippen LogP contribution in [0.5, 0.6) is 0 Å². The minimum Gasteiger partial charge on any atom is -0.348 e. The van der Waals surface area contributed by atoms with Crippen LogP contribution >= 0.6 is 11.6 Å². The summed E-state index contributed by atoms with van der Waals surface area (Å²) >= 11 is 6.13. The first-order valence-corrected chi connectivity index (χ1v) is 9.91. The number of anilines is 1. The lowest BCUT2D eigenvalue weighted by Gasteiger charge is -2.30. The SMILES string of the molecule is CCN1CCCC1CN(CC(=O)Nc1cccc(Cl)c1C)CC(=O)N(C)C. The summed E-state index contributed by atoms with van der Waals surface area (Å²) in [4.78, 5) is 30.8. The molecule has 1 aliphatic heterocycles. The molecule has 150 valence electrons. The number of likely N-dealkylation sites (tertiary alicyclic amines) is 1. The van der Waals surface area contributed by atoms with Crippen LogP contribution in [0.4, 0.5) is 5.69 Å². The number of nitrogens with one attached hydrogen (secondary N) is 1. The standard InChI is InChI=1S/C20H31ClN4O2/c1-5-25-11-7-8-16(25)12-24(14-20(27)23(3)4)13-19(26)22-18-10-6-9-17(21)15(18)2/h6,9-10,16H,5,7-8,11-14H2,1-4H3,(H,22,26). The van der Waals surface area contributed by atoms with Gasteiger partial charge in [0.1, 0.15) is 0 Å². The van der Waals surface area contributed by atoms with Crippen LogP contribution in [0.1, 0.15) is 25.3 Å². The molecule has 0 spiro atoms. The van der Waals surface area contributed by atoms with Gasteiger partial charge in [-0.15, -0.1) is 0 Å². The molecule has 0 radical (unpaired) electrons. The predicted molar refractivity (Wildman–Crippen MR) is 110 cm³/mol. The minimum absolute atomic E-state index is 0.00258. The summed E-state index contributed by atoms with van der Waals surface area (Å²) in [5, 5.41) is 3.55. The van der Waals surface area contributed by atoms with Crippen molar-refractivity contribution in [3.8, 4) is 0 Å². The molecule has 1 saturated heterocycles. The lowest BCUT2D eigenvalue weighted by Crippen LogP contribution is -2.47. The topological polar surface area (TPSA) is 55.9 Å². The van der Waals surface area contributed by atoms with Gasteiger partial charge in [-0.1, -0.05) is 24.6 Å². The number of hydrogen-bond acceptors (Lipinski definition) is 4. The van der Waals surface area contributed by atoms with E-state index in [2.05, 4.69) is 17.1 Å². The Bertz CT molecular complexity index is 665. The van der Waals surface area contributed by atoms with E-state index in [0.29, 0.717) is 16.8 Å². The number of rotatable bonds is 8. The molecule has 0 bridgehead atoms. The van der Waals surface area contributed by atoms with Gasteiger partial charge in [0, 0.05) is 37.4 Å². The highest BCUT2D eigenvalue weighted by molar-refractivity contribution is 6.31. The van der Waals surface area contributed by atoms with Gasteiger partial charge >= 0.3 is 0 Å². The number of carbonyl (C=O) groups is 2. The fourth-order valence-corrected chi connectivity index (χ4v) is 3.64. The molecule has 1 unspecified atom stereocenters. The molecular weight excluding hydrogens is 364 g/mol. The maximum atomic E-state index is 12.6. The molecule has 1 N–H and O–H groups in total. The van der Waals surface area contributed by atoms with Gasteiger partial charge in [0.2, 0.25) is 11.8 Å². The highest BCUT2D eigenvalue weighted by Gasteiger charge is 2.27. The third-order valence-corrected chi connectivity index (χ3v) is 5.55. The van der Waals surface area contributed by atoms with Crippen molar-refractivity contribution >= 4 is 29.1 Å². The Morgan fingerprint density at radius 1 is 1.30 bits per heavy atom. The first kappa shape index (κ1) is 21.7. The van der Waals surface area contributed by atoms with Gasteiger partial charge in [-0.2, -0.15) is 0 Å². The quantitative estimate of drug-likeness (QED) is 0.735. The van der Waals surface area contributed by atoms with Gasteiger partial charge < -0.3 is 10.2 Å². The van der Waals surface area contributed by atoms with Gasteiger partial charge in [-0.25, -0.2) is 0 Å². The molecule has 0 aliphatic carbocycles. The molecule has 1 aromatic rings. The minimum atomic E-state index is -0.132. The summed E-state index contributed by atoms with van der Waals surface area (Å²) in [6.07, 6.45) is 2.28. The number of amides is 2. The van der Waals surface area contributed by atoms with Crippen molar-refractivity contribution in [3.63, 3.8) is 0 Å². The van der Waals surface area contributed by atoms with Crippen LogP contribution in [0.3, 0.4) is 0 Å². The summed E-state index contributed by atoms with van der Waals surface area (Å²) in [6.45, 7) is 7.25. The second-order valence-electron chi connectivity index (χ2n) is 7.34. The average Bonchev–Trinajstić information content (AvgIpc) is 3.05. The zero-order chi connectivity index (χ0) is 20.0. The average molecular weight is 395 g/mol. The molecule has 1 heterocycles. The van der Waals surface area contributed by atoms with Crippen LogP contribution in [-0.2, 0) is 9.59 Å². The van der Waals surface area contributed by atoms with Gasteiger partial charge in [-0.3, -0.25) is 19.4 Å². The molecule has 1 aromatic carbocycles. The number of halogens is 1. The van der Waals surface area contributed by atoms with Crippen molar-refractivity contribution in [2.24, 2.45) is 0 Å². The Morgan fingerprint density at radius 3 is 2.70 bits per heavy atom. The number of likely N-dealkylation sites (N-methyl/N-ethyl adjacent to an activating group) is 2. The number of benzene rings is 1. The maximum absolute atomic E-state index is 12.6. The highest BCUT2D eigenvalue weighted by Crippen LogP contribution is 2.23. The maximum Gasteiger partial charge on any atom is 0.238 e. The molecule has 2 rings (SSSR count). The number of hydrogen-bond donors (Lipinski definition) is 1. The van der Waals surface area contributed by atoms with E-state index in [-0.39, 0.29) is 24.9 Å². The van der Waals surface area contributed by atoms with Crippen molar-refractivity contribution < 1.29 is 9.59 Å². The highest BCUT2D eigenvalue weighted by atomic mass is 35.5. The fourth-order valence-electron chi connectivity index (χ4n) is 3.47. The van der Waals surface area contributed by atoms with E-state index in [1.54, 1.807) is 25.1 Å². The van der Waals surface area contributed by atoms with Crippen molar-refractivity contribution in [1.82, 2.24) is 14.7 Å². The molecular formula is C20H31ClN4O2. The van der Waals surface area contributed by atoms with Crippen LogP contribution in [0.2, 0.25) is 5.02 Å². The molecule has 7 heteroatoms. The predicted octanol–water partition coefficient (Wildman–Crippen LogP) is 2.46. The van der Waals surface area contributed by atoms with E-state index in [0.717, 1.165) is 31.6 Å². The molecule has 2 amide bonds. The molecule has 6 nitrogen and oxygen atoms in total. The van der Waals surface area contributed by atoms with Gasteiger partial charge in [0.05, 0.1) is 13.1 Å². The third-order valence-electron chi connectivity index (χ3n) is 5.14. The Morgan fingerprint density at radius 2 is 2.04 bits per heavy atom. The van der Waals surface area contributed by atoms with E-state index in [1.165, 1.54) is 6.42 Å². The summed E-state index contributed by atoms with van der Waals surface area (Å²) in [6, 6.07) is 5.85. The Hall–Kier alpha value is -1.63. The van der Waals surface area contributed by atoms with Crippen molar-refractivity contribution in [1.29, 1.82) is 0 Å². The van der Waals surface area contributed by atoms with E-state index < -0.39 is 0 Å². The van der Waals surface area contributed by atoms with E-state index in [1.807, 2.05) is 24.0 Å². The van der Waals surface area contributed by atoms with Crippen LogP contribution in [-0.4, -0.2) is 79.4 Å². The first-order chi connectivity index (χ1) is 12.8. The second kappa shape index (κ2) is 10.1. The Balaban J connectivity index is 2.04. The summed E-state index contributed by atoms with van der Waals surface area (Å²) in [7, 11) is 3.48. The summed E-state index contributed by atoms with van der Waals surface area (Å²) in [5.41, 5.74) is 1.55. The zero-order valence-electron chi connectivity index (χ0n) is 16.8.